The summed E-state index contributed by atoms with van der Waals surface area (Å²) in [5.74, 6) is 0. The molecule has 0 radical (unpaired) electrons. The van der Waals surface area contributed by atoms with E-state index in [4.69, 9.17) is 0 Å². The number of carbonyl (C=O) groups excluding carboxylic acids is 1. The lowest BCUT2D eigenvalue weighted by molar-refractivity contribution is 0.112. The summed E-state index contributed by atoms with van der Waals surface area (Å²) in [6.45, 7) is 1.86. The molecule has 0 atom stereocenters. The van der Waals surface area contributed by atoms with E-state index in [1.165, 1.54) is 24.2 Å². The Morgan fingerprint density at radius 2 is 2.42 bits per heavy atom. The number of aldehydes is 1. The van der Waals surface area contributed by atoms with Crippen LogP contribution in [0.1, 0.15) is 28.2 Å². The van der Waals surface area contributed by atoms with Crippen LogP contribution in [0.3, 0.4) is 0 Å². The maximum atomic E-state index is 10.5. The molecule has 1 aliphatic rings. The Bertz CT molecular complexity index is 304. The molecule has 64 valence electrons. The minimum Gasteiger partial charge on any atom is -0.359 e. The summed E-state index contributed by atoms with van der Waals surface area (Å²) in [5, 5.41) is 4.15. The van der Waals surface area contributed by atoms with Crippen LogP contribution in [0.4, 0.5) is 5.13 Å². The van der Waals surface area contributed by atoms with Crippen LogP contribution in [0.2, 0.25) is 0 Å². The number of hydrogen-bond acceptors (Lipinski definition) is 4. The molecule has 0 spiro atoms. The van der Waals surface area contributed by atoms with Crippen LogP contribution in [-0.4, -0.2) is 17.3 Å². The quantitative estimate of drug-likeness (QED) is 0.725. The molecule has 1 heterocycles. The van der Waals surface area contributed by atoms with Gasteiger partial charge in [-0.25, -0.2) is 4.98 Å². The minimum atomic E-state index is 0.607. The molecular formula is C8H10N2OS. The Balaban J connectivity index is 2.15. The number of nitrogens with zero attached hydrogens (tertiary/aromatic N) is 1. The van der Waals surface area contributed by atoms with Crippen LogP contribution in [0.25, 0.3) is 0 Å². The Morgan fingerprint density at radius 3 is 2.92 bits per heavy atom. The summed E-state index contributed by atoms with van der Waals surface area (Å²) in [6, 6.07) is 0.607. The van der Waals surface area contributed by atoms with Crippen molar-refractivity contribution in [1.29, 1.82) is 0 Å². The van der Waals surface area contributed by atoms with Gasteiger partial charge in [0.25, 0.3) is 0 Å². The first-order valence-corrected chi connectivity index (χ1v) is 4.80. The number of aryl methyl sites for hydroxylation is 1. The van der Waals surface area contributed by atoms with E-state index in [0.717, 1.165) is 22.0 Å². The van der Waals surface area contributed by atoms with Crippen molar-refractivity contribution >= 4 is 22.8 Å². The molecule has 1 aromatic rings. The van der Waals surface area contributed by atoms with Gasteiger partial charge >= 0.3 is 0 Å². The van der Waals surface area contributed by atoms with Crippen LogP contribution >= 0.6 is 11.3 Å². The zero-order chi connectivity index (χ0) is 8.55. The molecule has 1 fully saturated rings. The lowest BCUT2D eigenvalue weighted by atomic mass is 10.4. The molecule has 0 saturated heterocycles. The van der Waals surface area contributed by atoms with Crippen molar-refractivity contribution in [3.63, 3.8) is 0 Å². The lowest BCUT2D eigenvalue weighted by Crippen LogP contribution is -1.99. The molecule has 0 bridgehead atoms. The van der Waals surface area contributed by atoms with Gasteiger partial charge in [0.05, 0.1) is 10.6 Å². The molecule has 1 saturated carbocycles. The fraction of sp³-hybridized carbons (Fsp3) is 0.500. The van der Waals surface area contributed by atoms with Gasteiger partial charge in [0.1, 0.15) is 0 Å². The largest absolute Gasteiger partial charge is 0.359 e. The highest BCUT2D eigenvalue weighted by molar-refractivity contribution is 7.17. The summed E-state index contributed by atoms with van der Waals surface area (Å²) in [4.78, 5) is 15.5. The van der Waals surface area contributed by atoms with Gasteiger partial charge in [-0.1, -0.05) is 11.3 Å². The van der Waals surface area contributed by atoms with E-state index in [1.807, 2.05) is 6.92 Å². The van der Waals surface area contributed by atoms with E-state index in [1.54, 1.807) is 0 Å². The third kappa shape index (κ3) is 1.48. The van der Waals surface area contributed by atoms with E-state index in [0.29, 0.717) is 6.04 Å². The van der Waals surface area contributed by atoms with Crippen molar-refractivity contribution in [2.75, 3.05) is 5.32 Å². The van der Waals surface area contributed by atoms with E-state index in [-0.39, 0.29) is 0 Å². The topological polar surface area (TPSA) is 42.0 Å². The summed E-state index contributed by atoms with van der Waals surface area (Å²) in [7, 11) is 0. The predicted octanol–water partition coefficient (Wildman–Crippen LogP) is 1.84. The van der Waals surface area contributed by atoms with Gasteiger partial charge in [-0.15, -0.1) is 0 Å². The van der Waals surface area contributed by atoms with Crippen molar-refractivity contribution in [3.05, 3.63) is 10.6 Å². The maximum absolute atomic E-state index is 10.5. The second kappa shape index (κ2) is 2.86. The van der Waals surface area contributed by atoms with Gasteiger partial charge in [-0.2, -0.15) is 0 Å². The summed E-state index contributed by atoms with van der Waals surface area (Å²) in [6.07, 6.45) is 3.33. The highest BCUT2D eigenvalue weighted by Crippen LogP contribution is 2.28. The first-order chi connectivity index (χ1) is 5.79. The molecule has 0 amide bonds. The van der Waals surface area contributed by atoms with Crippen molar-refractivity contribution in [1.82, 2.24) is 4.98 Å². The molecule has 1 aliphatic carbocycles. The van der Waals surface area contributed by atoms with Crippen LogP contribution in [-0.2, 0) is 0 Å². The average molecular weight is 182 g/mol. The van der Waals surface area contributed by atoms with Crippen LogP contribution < -0.4 is 5.32 Å². The number of thiazole rings is 1. The Kier molecular flexibility index (Phi) is 1.84. The second-order valence-corrected chi connectivity index (χ2v) is 4.04. The number of rotatable bonds is 3. The Hall–Kier alpha value is -0.900. The zero-order valence-corrected chi connectivity index (χ0v) is 7.65. The summed E-state index contributed by atoms with van der Waals surface area (Å²) in [5.41, 5.74) is 0.832. The van der Waals surface area contributed by atoms with Crippen molar-refractivity contribution < 1.29 is 4.79 Å². The molecule has 2 rings (SSSR count). The number of anilines is 1. The normalized spacial score (nSPS) is 16.1. The average Bonchev–Trinajstić information content (AvgIpc) is 2.76. The monoisotopic (exact) mass is 182 g/mol. The molecule has 0 unspecified atom stereocenters. The van der Waals surface area contributed by atoms with Crippen molar-refractivity contribution in [2.24, 2.45) is 0 Å². The van der Waals surface area contributed by atoms with E-state index in [2.05, 4.69) is 10.3 Å². The molecule has 12 heavy (non-hydrogen) atoms. The molecule has 4 heteroatoms. The highest BCUT2D eigenvalue weighted by Gasteiger charge is 2.22. The van der Waals surface area contributed by atoms with Gasteiger partial charge in [0.2, 0.25) is 0 Å². The molecular weight excluding hydrogens is 172 g/mol. The third-order valence-electron chi connectivity index (χ3n) is 1.84. The Morgan fingerprint density at radius 1 is 1.67 bits per heavy atom. The highest BCUT2D eigenvalue weighted by atomic mass is 32.1. The molecule has 1 N–H and O–H groups in total. The first kappa shape index (κ1) is 7.73. The third-order valence-corrected chi connectivity index (χ3v) is 2.86. The molecule has 1 aromatic heterocycles. The standard InChI is InChI=1S/C8H10N2OS/c1-5-7(4-11)12-8(9-5)10-6-2-3-6/h4,6H,2-3H2,1H3,(H,9,10). The fourth-order valence-electron chi connectivity index (χ4n) is 0.982. The van der Waals surface area contributed by atoms with Gasteiger partial charge in [0.15, 0.2) is 11.4 Å². The van der Waals surface area contributed by atoms with Crippen molar-refractivity contribution in [2.45, 2.75) is 25.8 Å². The van der Waals surface area contributed by atoms with E-state index < -0.39 is 0 Å². The first-order valence-electron chi connectivity index (χ1n) is 3.99. The number of hydrogen-bond donors (Lipinski definition) is 1. The summed E-state index contributed by atoms with van der Waals surface area (Å²) >= 11 is 1.44. The van der Waals surface area contributed by atoms with Gasteiger partial charge < -0.3 is 5.32 Å². The van der Waals surface area contributed by atoms with Crippen LogP contribution in [0, 0.1) is 6.92 Å². The molecule has 3 nitrogen and oxygen atoms in total. The zero-order valence-electron chi connectivity index (χ0n) is 6.83. The number of aromatic nitrogens is 1. The van der Waals surface area contributed by atoms with E-state index >= 15 is 0 Å². The fourth-order valence-corrected chi connectivity index (χ4v) is 1.84. The molecule has 0 aromatic carbocycles. The van der Waals surface area contributed by atoms with E-state index in [9.17, 15) is 4.79 Å². The number of nitrogens with one attached hydrogen (secondary N) is 1. The van der Waals surface area contributed by atoms with Crippen molar-refractivity contribution in [3.8, 4) is 0 Å². The van der Waals surface area contributed by atoms with Crippen LogP contribution in [0.15, 0.2) is 0 Å². The lowest BCUT2D eigenvalue weighted by Gasteiger charge is -1.94. The van der Waals surface area contributed by atoms with Crippen LogP contribution in [0.5, 0.6) is 0 Å². The maximum Gasteiger partial charge on any atom is 0.183 e. The van der Waals surface area contributed by atoms with Gasteiger partial charge in [-0.3, -0.25) is 4.79 Å². The summed E-state index contributed by atoms with van der Waals surface area (Å²) < 4.78 is 0. The SMILES string of the molecule is Cc1nc(NC2CC2)sc1C=O. The van der Waals surface area contributed by atoms with Gasteiger partial charge in [0, 0.05) is 6.04 Å². The second-order valence-electron chi connectivity index (χ2n) is 3.01. The smallest absolute Gasteiger partial charge is 0.183 e. The number of carbonyl (C=O) groups is 1. The predicted molar refractivity (Wildman–Crippen MR) is 48.9 cm³/mol. The minimum absolute atomic E-state index is 0.607. The van der Waals surface area contributed by atoms with Gasteiger partial charge in [-0.05, 0) is 19.8 Å². The molecule has 0 aliphatic heterocycles. The Labute approximate surface area is 74.8 Å².